The Morgan fingerprint density at radius 1 is 1.21 bits per heavy atom. The molecule has 0 aliphatic heterocycles. The lowest BCUT2D eigenvalue weighted by Gasteiger charge is -2.27. The average Bonchev–Trinajstić information content (AvgIpc) is 3.09. The van der Waals surface area contributed by atoms with E-state index < -0.39 is 35.3 Å². The lowest BCUT2D eigenvalue weighted by atomic mass is 9.95. The van der Waals surface area contributed by atoms with Crippen molar-refractivity contribution in [2.24, 2.45) is 0 Å². The molecule has 154 valence electrons. The number of rotatable bonds is 5. The number of para-hydroxylation sites is 2. The summed E-state index contributed by atoms with van der Waals surface area (Å²) in [4.78, 5) is 12.4. The quantitative estimate of drug-likeness (QED) is 0.635. The highest BCUT2D eigenvalue weighted by Crippen LogP contribution is 2.29. The Morgan fingerprint density at radius 3 is 2.69 bits per heavy atom. The molecule has 3 aromatic rings. The van der Waals surface area contributed by atoms with Crippen molar-refractivity contribution < 1.29 is 22.8 Å². The molecule has 0 spiro atoms. The van der Waals surface area contributed by atoms with Crippen molar-refractivity contribution in [2.45, 2.75) is 49.5 Å². The van der Waals surface area contributed by atoms with Crippen LogP contribution >= 0.6 is 0 Å². The van der Waals surface area contributed by atoms with E-state index in [9.17, 15) is 18.1 Å². The van der Waals surface area contributed by atoms with Crippen LogP contribution in [0, 0.1) is 0 Å². The first-order valence-corrected chi connectivity index (χ1v) is 10.8. The maximum absolute atomic E-state index is 13.7. The molecule has 1 fully saturated rings. The Hall–Kier alpha value is -2.46. The van der Waals surface area contributed by atoms with Crippen molar-refractivity contribution in [3.05, 3.63) is 36.2 Å². The van der Waals surface area contributed by atoms with Gasteiger partial charge in [-0.05, 0) is 31.4 Å². The van der Waals surface area contributed by atoms with Crippen LogP contribution in [0.25, 0.3) is 16.9 Å². The van der Waals surface area contributed by atoms with E-state index in [2.05, 4.69) is 15.0 Å². The van der Waals surface area contributed by atoms with Gasteiger partial charge in [-0.2, -0.15) is 4.98 Å². The minimum absolute atomic E-state index is 0.0409. The van der Waals surface area contributed by atoms with Gasteiger partial charge in [0.2, 0.25) is 11.0 Å². The van der Waals surface area contributed by atoms with Crippen molar-refractivity contribution >= 4 is 21.8 Å². The predicted octanol–water partition coefficient (Wildman–Crippen LogP) is 3.17. The molecule has 0 radical (unpaired) electrons. The summed E-state index contributed by atoms with van der Waals surface area (Å²) in [5.74, 6) is -0.292. The van der Waals surface area contributed by atoms with Crippen LogP contribution in [-0.2, 0) is 10.8 Å². The number of alkyl halides is 2. The van der Waals surface area contributed by atoms with Crippen LogP contribution in [0.4, 0.5) is 8.78 Å². The fourth-order valence-electron chi connectivity index (χ4n) is 3.50. The van der Waals surface area contributed by atoms with Crippen LogP contribution in [0.1, 0.15) is 37.9 Å². The van der Waals surface area contributed by atoms with Crippen molar-refractivity contribution in [3.8, 4) is 11.7 Å². The summed E-state index contributed by atoms with van der Waals surface area (Å²) in [6.45, 7) is 0. The van der Waals surface area contributed by atoms with E-state index >= 15 is 0 Å². The minimum Gasteiger partial charge on any atom is -0.471 e. The zero-order valence-electron chi connectivity index (χ0n) is 15.7. The van der Waals surface area contributed by atoms with E-state index in [1.54, 1.807) is 24.3 Å². The van der Waals surface area contributed by atoms with E-state index in [1.165, 1.54) is 16.9 Å². The Bertz CT molecular complexity index is 1060. The van der Waals surface area contributed by atoms with Crippen LogP contribution in [-0.4, -0.2) is 47.3 Å². The third kappa shape index (κ3) is 3.99. The second-order valence-corrected chi connectivity index (χ2v) is 8.18. The zero-order chi connectivity index (χ0) is 20.5. The van der Waals surface area contributed by atoms with E-state index in [0.717, 1.165) is 12.8 Å². The Balaban J connectivity index is 1.84. The topological polar surface area (TPSA) is 90.1 Å². The second-order valence-electron chi connectivity index (χ2n) is 6.90. The van der Waals surface area contributed by atoms with Crippen LogP contribution in [0.2, 0.25) is 0 Å². The summed E-state index contributed by atoms with van der Waals surface area (Å²) in [7, 11) is -1.56. The molecule has 0 bridgehead atoms. The van der Waals surface area contributed by atoms with Crippen molar-refractivity contribution in [2.75, 3.05) is 6.26 Å². The van der Waals surface area contributed by atoms with Crippen molar-refractivity contribution in [1.29, 1.82) is 0 Å². The highest BCUT2D eigenvalue weighted by atomic mass is 32.2. The van der Waals surface area contributed by atoms with Crippen LogP contribution in [0.3, 0.4) is 0 Å². The van der Waals surface area contributed by atoms with Gasteiger partial charge in [-0.3, -0.25) is 8.78 Å². The molecule has 1 N–H and O–H groups in total. The van der Waals surface area contributed by atoms with Gasteiger partial charge >= 0.3 is 0 Å². The van der Waals surface area contributed by atoms with E-state index in [0.29, 0.717) is 23.9 Å². The molecule has 1 unspecified atom stereocenters. The molecule has 7 nitrogen and oxygen atoms in total. The number of halogens is 2. The van der Waals surface area contributed by atoms with Gasteiger partial charge in [0, 0.05) is 12.3 Å². The van der Waals surface area contributed by atoms with Crippen LogP contribution in [0.5, 0.6) is 5.88 Å². The summed E-state index contributed by atoms with van der Waals surface area (Å²) in [5, 5.41) is 10.1. The van der Waals surface area contributed by atoms with Gasteiger partial charge in [0.1, 0.15) is 11.9 Å². The molecule has 3 atom stereocenters. The Labute approximate surface area is 168 Å². The maximum Gasteiger partial charge on any atom is 0.296 e. The molecular formula is C19H20F2N4O3S. The highest BCUT2D eigenvalue weighted by molar-refractivity contribution is 7.84. The summed E-state index contributed by atoms with van der Waals surface area (Å²) in [6, 6.07) is 8.13. The average molecular weight is 422 g/mol. The summed E-state index contributed by atoms with van der Waals surface area (Å²) >= 11 is 0. The number of fused-ring (bicyclic) bond motifs is 1. The van der Waals surface area contributed by atoms with E-state index in [4.69, 9.17) is 4.74 Å². The van der Waals surface area contributed by atoms with Crippen LogP contribution in [0.15, 0.2) is 35.5 Å². The summed E-state index contributed by atoms with van der Waals surface area (Å²) in [6.07, 6.45) is 0.573. The Kier molecular flexibility index (Phi) is 5.55. The third-order valence-corrected chi connectivity index (χ3v) is 5.57. The fraction of sp³-hybridized carbons (Fsp3) is 0.421. The Morgan fingerprint density at radius 2 is 1.97 bits per heavy atom. The highest BCUT2D eigenvalue weighted by Gasteiger charge is 2.27. The smallest absolute Gasteiger partial charge is 0.296 e. The first-order chi connectivity index (χ1) is 13.9. The molecule has 1 saturated carbocycles. The molecule has 1 aromatic carbocycles. The van der Waals surface area contributed by atoms with Gasteiger partial charge < -0.3 is 9.84 Å². The number of nitrogens with zero attached hydrogens (tertiary/aromatic N) is 4. The number of aliphatic hydroxyl groups is 1. The molecule has 1 aliphatic rings. The van der Waals surface area contributed by atoms with E-state index in [-0.39, 0.29) is 16.9 Å². The molecule has 10 heteroatoms. The van der Waals surface area contributed by atoms with Gasteiger partial charge in [0.05, 0.1) is 27.9 Å². The van der Waals surface area contributed by atoms with Gasteiger partial charge in [-0.15, -0.1) is 0 Å². The van der Waals surface area contributed by atoms with Gasteiger partial charge in [-0.25, -0.2) is 18.7 Å². The van der Waals surface area contributed by atoms with Crippen LogP contribution < -0.4 is 4.74 Å². The second kappa shape index (κ2) is 8.11. The van der Waals surface area contributed by atoms with Gasteiger partial charge in [0.25, 0.3) is 6.43 Å². The summed E-state index contributed by atoms with van der Waals surface area (Å²) < 4.78 is 46.5. The molecule has 1 aliphatic carbocycles. The maximum atomic E-state index is 13.7. The van der Waals surface area contributed by atoms with Crippen molar-refractivity contribution in [3.63, 3.8) is 0 Å². The standard InChI is InChI=1S/C19H20F2N4O3S/c1-29(27)19-23-15(10-16(24-19)28-14-9-5-4-8-13(14)26)25-12-7-3-2-6-11(12)22-18(25)17(20)21/h2-3,6-7,10,13-14,17,26H,4-5,8-9H2,1H3/t13-,14-,29?/m0/s1. The molecule has 2 heterocycles. The molecule has 29 heavy (non-hydrogen) atoms. The number of hydrogen-bond donors (Lipinski definition) is 1. The molecule has 4 rings (SSSR count). The molecule has 2 aromatic heterocycles. The number of benzene rings is 1. The number of ether oxygens (including phenoxy) is 1. The van der Waals surface area contributed by atoms with E-state index in [1.807, 2.05) is 0 Å². The minimum atomic E-state index is -2.84. The SMILES string of the molecule is CS(=O)c1nc(O[C@H]2CCCC[C@@H]2O)cc(-n2c(C(F)F)nc3ccccc32)n1. The van der Waals surface area contributed by atoms with Crippen molar-refractivity contribution in [1.82, 2.24) is 19.5 Å². The number of imidazole rings is 1. The number of aliphatic hydroxyl groups excluding tert-OH is 1. The predicted molar refractivity (Wildman–Crippen MR) is 103 cm³/mol. The molecule has 0 saturated heterocycles. The normalized spacial score (nSPS) is 20.9. The third-order valence-electron chi connectivity index (χ3n) is 4.88. The summed E-state index contributed by atoms with van der Waals surface area (Å²) in [5.41, 5.74) is 0.837. The zero-order valence-corrected chi connectivity index (χ0v) is 16.5. The molecule has 0 amide bonds. The lowest BCUT2D eigenvalue weighted by molar-refractivity contribution is 0.00408. The molecular weight excluding hydrogens is 402 g/mol. The van der Waals surface area contributed by atoms with Gasteiger partial charge in [0.15, 0.2) is 5.82 Å². The fourth-order valence-corrected chi connectivity index (χ4v) is 3.94. The first-order valence-electron chi connectivity index (χ1n) is 9.27. The monoisotopic (exact) mass is 422 g/mol. The number of hydrogen-bond acceptors (Lipinski definition) is 6. The van der Waals surface area contributed by atoms with Gasteiger partial charge in [-0.1, -0.05) is 18.6 Å². The lowest BCUT2D eigenvalue weighted by Crippen LogP contribution is -2.35. The largest absolute Gasteiger partial charge is 0.471 e. The number of aromatic nitrogens is 4. The first kappa shape index (κ1) is 19.8.